The number of H-pyrrole nitrogens is 1. The third-order valence-electron chi connectivity index (χ3n) is 1.92. The van der Waals surface area contributed by atoms with Crippen molar-refractivity contribution >= 4 is 23.0 Å². The Morgan fingerprint density at radius 1 is 1.47 bits per heavy atom. The topological polar surface area (TPSA) is 79.6 Å². The number of aryl methyl sites for hydroxylation is 2. The number of hydrogen-bond donors (Lipinski definition) is 3. The molecule has 15 heavy (non-hydrogen) atoms. The number of thiazole rings is 1. The number of rotatable bonds is 3. The summed E-state index contributed by atoms with van der Waals surface area (Å²) < 4.78 is 0. The lowest BCUT2D eigenvalue weighted by molar-refractivity contribution is 1.06. The van der Waals surface area contributed by atoms with Crippen LogP contribution in [-0.4, -0.2) is 15.0 Å². The molecular weight excluding hydrogens is 210 g/mol. The van der Waals surface area contributed by atoms with Gasteiger partial charge in [0.25, 0.3) is 0 Å². The molecule has 0 atom stereocenters. The summed E-state index contributed by atoms with van der Waals surface area (Å²) in [5, 5.41) is 6.20. The lowest BCUT2D eigenvalue weighted by atomic mass is 10.5. The highest BCUT2D eigenvalue weighted by molar-refractivity contribution is 7.09. The van der Waals surface area contributed by atoms with Crippen LogP contribution in [0.4, 0.5) is 11.6 Å². The zero-order chi connectivity index (χ0) is 10.8. The van der Waals surface area contributed by atoms with E-state index in [9.17, 15) is 0 Å². The average Bonchev–Trinajstić information content (AvgIpc) is 2.70. The molecule has 2 aromatic heterocycles. The molecule has 0 saturated carbocycles. The van der Waals surface area contributed by atoms with Crippen molar-refractivity contribution in [2.24, 2.45) is 0 Å². The number of nitrogen functional groups attached to an aromatic ring is 1. The summed E-state index contributed by atoms with van der Waals surface area (Å²) >= 11 is 1.63. The molecule has 0 aromatic carbocycles. The molecule has 0 unspecified atom stereocenters. The standard InChI is InChI=1S/C9H13N5S/c1-5-4-15-7(12-5)3-11-9-8(10)13-6(2)14-9/h4,11H,3,10H2,1-2H3,(H,13,14). The molecule has 0 aliphatic carbocycles. The molecule has 80 valence electrons. The van der Waals surface area contributed by atoms with Gasteiger partial charge >= 0.3 is 0 Å². The van der Waals surface area contributed by atoms with Crippen molar-refractivity contribution in [1.82, 2.24) is 15.0 Å². The van der Waals surface area contributed by atoms with E-state index in [0.29, 0.717) is 18.2 Å². The van der Waals surface area contributed by atoms with E-state index in [1.54, 1.807) is 11.3 Å². The molecular formula is C9H13N5S. The SMILES string of the molecule is Cc1csc(CNc2nc(C)[nH]c2N)n1. The van der Waals surface area contributed by atoms with Crippen molar-refractivity contribution in [3.05, 3.63) is 21.9 Å². The van der Waals surface area contributed by atoms with E-state index in [0.717, 1.165) is 16.5 Å². The fraction of sp³-hybridized carbons (Fsp3) is 0.333. The van der Waals surface area contributed by atoms with Gasteiger partial charge in [-0.2, -0.15) is 0 Å². The zero-order valence-corrected chi connectivity index (χ0v) is 9.48. The number of nitrogens with two attached hydrogens (primary N) is 1. The van der Waals surface area contributed by atoms with Crippen LogP contribution in [-0.2, 0) is 6.54 Å². The maximum absolute atomic E-state index is 5.71. The van der Waals surface area contributed by atoms with Gasteiger partial charge in [0.15, 0.2) is 5.82 Å². The van der Waals surface area contributed by atoms with Crippen LogP contribution >= 0.6 is 11.3 Å². The molecule has 0 spiro atoms. The molecule has 0 saturated heterocycles. The van der Waals surface area contributed by atoms with Crippen molar-refractivity contribution in [2.75, 3.05) is 11.1 Å². The lowest BCUT2D eigenvalue weighted by Gasteiger charge is -2.00. The van der Waals surface area contributed by atoms with Gasteiger partial charge in [-0.25, -0.2) is 9.97 Å². The molecule has 0 bridgehead atoms. The summed E-state index contributed by atoms with van der Waals surface area (Å²) in [5.41, 5.74) is 6.76. The van der Waals surface area contributed by atoms with Crippen molar-refractivity contribution in [3.8, 4) is 0 Å². The zero-order valence-electron chi connectivity index (χ0n) is 8.66. The van der Waals surface area contributed by atoms with Gasteiger partial charge in [-0.15, -0.1) is 11.3 Å². The van der Waals surface area contributed by atoms with Gasteiger partial charge in [0.2, 0.25) is 0 Å². The van der Waals surface area contributed by atoms with Crippen LogP contribution in [0.15, 0.2) is 5.38 Å². The summed E-state index contributed by atoms with van der Waals surface area (Å²) in [7, 11) is 0. The first-order chi connectivity index (χ1) is 7.15. The van der Waals surface area contributed by atoms with Crippen LogP contribution in [0, 0.1) is 13.8 Å². The summed E-state index contributed by atoms with van der Waals surface area (Å²) in [6, 6.07) is 0. The summed E-state index contributed by atoms with van der Waals surface area (Å²) in [4.78, 5) is 11.5. The summed E-state index contributed by atoms with van der Waals surface area (Å²) in [6.07, 6.45) is 0. The highest BCUT2D eigenvalue weighted by atomic mass is 32.1. The number of aromatic nitrogens is 3. The Balaban J connectivity index is 2.01. The number of aromatic amines is 1. The maximum atomic E-state index is 5.71. The van der Waals surface area contributed by atoms with Gasteiger partial charge in [-0.1, -0.05) is 0 Å². The van der Waals surface area contributed by atoms with Crippen molar-refractivity contribution < 1.29 is 0 Å². The third-order valence-corrected chi connectivity index (χ3v) is 2.89. The van der Waals surface area contributed by atoms with Crippen LogP contribution < -0.4 is 11.1 Å². The number of hydrogen-bond acceptors (Lipinski definition) is 5. The monoisotopic (exact) mass is 223 g/mol. The Labute approximate surface area is 91.8 Å². The molecule has 6 heteroatoms. The van der Waals surface area contributed by atoms with Crippen molar-refractivity contribution in [2.45, 2.75) is 20.4 Å². The smallest absolute Gasteiger partial charge is 0.169 e. The first-order valence-corrected chi connectivity index (χ1v) is 5.50. The molecule has 0 radical (unpaired) electrons. The fourth-order valence-electron chi connectivity index (χ4n) is 1.29. The molecule has 0 aliphatic rings. The van der Waals surface area contributed by atoms with E-state index in [-0.39, 0.29) is 0 Å². The molecule has 0 fully saturated rings. The van der Waals surface area contributed by atoms with Gasteiger partial charge in [0.1, 0.15) is 16.6 Å². The second-order valence-electron chi connectivity index (χ2n) is 3.32. The fourth-order valence-corrected chi connectivity index (χ4v) is 2.00. The number of imidazole rings is 1. The van der Waals surface area contributed by atoms with E-state index >= 15 is 0 Å². The minimum atomic E-state index is 0.570. The third kappa shape index (κ3) is 2.27. The van der Waals surface area contributed by atoms with Gasteiger partial charge in [-0.3, -0.25) is 0 Å². The van der Waals surface area contributed by atoms with Gasteiger partial charge in [0.05, 0.1) is 6.54 Å². The maximum Gasteiger partial charge on any atom is 0.169 e. The lowest BCUT2D eigenvalue weighted by Crippen LogP contribution is -2.01. The molecule has 2 aromatic rings. The van der Waals surface area contributed by atoms with E-state index in [2.05, 4.69) is 20.3 Å². The quantitative estimate of drug-likeness (QED) is 0.739. The van der Waals surface area contributed by atoms with Crippen LogP contribution in [0.2, 0.25) is 0 Å². The molecule has 5 nitrogen and oxygen atoms in total. The average molecular weight is 223 g/mol. The second-order valence-corrected chi connectivity index (χ2v) is 4.26. The van der Waals surface area contributed by atoms with E-state index < -0.39 is 0 Å². The first-order valence-electron chi connectivity index (χ1n) is 4.62. The van der Waals surface area contributed by atoms with Crippen molar-refractivity contribution in [3.63, 3.8) is 0 Å². The van der Waals surface area contributed by atoms with Crippen LogP contribution in [0.3, 0.4) is 0 Å². The molecule has 0 amide bonds. The molecule has 4 N–H and O–H groups in total. The van der Waals surface area contributed by atoms with Gasteiger partial charge in [-0.05, 0) is 13.8 Å². The first kappa shape index (κ1) is 9.97. The van der Waals surface area contributed by atoms with Crippen molar-refractivity contribution in [1.29, 1.82) is 0 Å². The van der Waals surface area contributed by atoms with Crippen LogP contribution in [0.1, 0.15) is 16.5 Å². The normalized spacial score (nSPS) is 10.5. The van der Waals surface area contributed by atoms with Gasteiger partial charge in [0, 0.05) is 11.1 Å². The minimum Gasteiger partial charge on any atom is -0.382 e. The largest absolute Gasteiger partial charge is 0.382 e. The molecule has 2 rings (SSSR count). The summed E-state index contributed by atoms with van der Waals surface area (Å²) in [5.74, 6) is 2.08. The second kappa shape index (κ2) is 3.90. The number of nitrogens with zero attached hydrogens (tertiary/aromatic N) is 2. The Bertz CT molecular complexity index is 459. The minimum absolute atomic E-state index is 0.570. The van der Waals surface area contributed by atoms with Crippen LogP contribution in [0.25, 0.3) is 0 Å². The Kier molecular flexibility index (Phi) is 2.59. The summed E-state index contributed by atoms with van der Waals surface area (Å²) in [6.45, 7) is 4.51. The number of nitrogens with one attached hydrogen (secondary N) is 2. The van der Waals surface area contributed by atoms with Crippen LogP contribution in [0.5, 0.6) is 0 Å². The Hall–Kier alpha value is -1.56. The molecule has 0 aliphatic heterocycles. The predicted octanol–water partition coefficient (Wildman–Crippen LogP) is 1.68. The Morgan fingerprint density at radius 2 is 2.27 bits per heavy atom. The van der Waals surface area contributed by atoms with E-state index in [4.69, 9.17) is 5.73 Å². The van der Waals surface area contributed by atoms with E-state index in [1.807, 2.05) is 19.2 Å². The number of anilines is 2. The predicted molar refractivity (Wildman–Crippen MR) is 61.9 cm³/mol. The highest BCUT2D eigenvalue weighted by Gasteiger charge is 2.05. The van der Waals surface area contributed by atoms with Gasteiger partial charge < -0.3 is 16.0 Å². The highest BCUT2D eigenvalue weighted by Crippen LogP contribution is 2.16. The molecule has 2 heterocycles. The Morgan fingerprint density at radius 3 is 2.80 bits per heavy atom. The van der Waals surface area contributed by atoms with E-state index in [1.165, 1.54) is 0 Å².